The van der Waals surface area contributed by atoms with Crippen molar-refractivity contribution in [2.45, 2.75) is 192 Å². The van der Waals surface area contributed by atoms with Gasteiger partial charge in [-0.1, -0.05) is 104 Å². The van der Waals surface area contributed by atoms with Gasteiger partial charge in [-0.15, -0.1) is 23.2 Å². The minimum absolute atomic E-state index is 0.188. The summed E-state index contributed by atoms with van der Waals surface area (Å²) in [6.07, 6.45) is 26.2. The largest absolute Gasteiger partial charge is 0.353 e. The Bertz CT molecular complexity index is 396. The van der Waals surface area contributed by atoms with Gasteiger partial charge in [-0.25, -0.2) is 0 Å². The third-order valence-electron chi connectivity index (χ3n) is 6.99. The van der Waals surface area contributed by atoms with Gasteiger partial charge in [-0.3, -0.25) is 0 Å². The normalized spacial score (nSPS) is 15.1. The summed E-state index contributed by atoms with van der Waals surface area (Å²) >= 11 is 12.4. The first-order valence-electron chi connectivity index (χ1n) is 16.2. The van der Waals surface area contributed by atoms with Crippen molar-refractivity contribution in [1.82, 2.24) is 0 Å². The van der Waals surface area contributed by atoms with Crippen molar-refractivity contribution in [3.05, 3.63) is 0 Å². The quantitative estimate of drug-likeness (QED) is 0.0491. The highest BCUT2D eigenvalue weighted by Crippen LogP contribution is 2.19. The first-order chi connectivity index (χ1) is 18.0. The van der Waals surface area contributed by atoms with Crippen LogP contribution in [-0.2, 0) is 14.2 Å². The average molecular weight is 568 g/mol. The molecule has 0 N–H and O–H groups in total. The van der Waals surface area contributed by atoms with E-state index in [0.29, 0.717) is 0 Å². The van der Waals surface area contributed by atoms with Crippen LogP contribution < -0.4 is 0 Å². The molecule has 4 unspecified atom stereocenters. The van der Waals surface area contributed by atoms with Crippen molar-refractivity contribution in [3.63, 3.8) is 0 Å². The molecule has 3 nitrogen and oxygen atoms in total. The standard InChI is InChI=1S/C32H64Cl2O3/c1-5-7-9-11-13-15-17-19-27-35-31(25-21-23-29(3)33)37-32(26-22-24-30(4)34)36-28-20-18-16-14-12-10-8-6-2/h29-32H,5-28H2,1-4H3. The molecule has 0 heterocycles. The third-order valence-corrected chi connectivity index (χ3v) is 7.43. The second-order valence-electron chi connectivity index (χ2n) is 11.1. The maximum atomic E-state index is 6.43. The highest BCUT2D eigenvalue weighted by molar-refractivity contribution is 6.20. The maximum Gasteiger partial charge on any atom is 0.160 e. The van der Waals surface area contributed by atoms with Gasteiger partial charge in [0.1, 0.15) is 0 Å². The van der Waals surface area contributed by atoms with Gasteiger partial charge in [0.2, 0.25) is 0 Å². The summed E-state index contributed by atoms with van der Waals surface area (Å²) in [5.41, 5.74) is 0. The minimum atomic E-state index is -0.211. The molecule has 224 valence electrons. The Balaban J connectivity index is 4.46. The number of halogens is 2. The van der Waals surface area contributed by atoms with Crippen molar-refractivity contribution in [1.29, 1.82) is 0 Å². The molecule has 0 amide bonds. The zero-order valence-electron chi connectivity index (χ0n) is 25.3. The van der Waals surface area contributed by atoms with Crippen molar-refractivity contribution < 1.29 is 14.2 Å². The second-order valence-corrected chi connectivity index (χ2v) is 12.6. The molecular weight excluding hydrogens is 503 g/mol. The Morgan fingerprint density at radius 1 is 0.432 bits per heavy atom. The number of hydrogen-bond donors (Lipinski definition) is 0. The Morgan fingerprint density at radius 2 is 0.757 bits per heavy atom. The molecule has 0 aliphatic heterocycles. The topological polar surface area (TPSA) is 27.7 Å². The van der Waals surface area contributed by atoms with Crippen LogP contribution in [-0.4, -0.2) is 36.5 Å². The molecule has 0 saturated heterocycles. The smallest absolute Gasteiger partial charge is 0.160 e. The molecule has 0 aliphatic carbocycles. The first kappa shape index (κ1) is 37.5. The van der Waals surface area contributed by atoms with Gasteiger partial charge >= 0.3 is 0 Å². The van der Waals surface area contributed by atoms with Crippen LogP contribution in [0, 0.1) is 0 Å². The van der Waals surface area contributed by atoms with Gasteiger partial charge in [-0.05, 0) is 65.2 Å². The fraction of sp³-hybridized carbons (Fsp3) is 1.00. The summed E-state index contributed by atoms with van der Waals surface area (Å²) in [4.78, 5) is 0. The van der Waals surface area contributed by atoms with E-state index in [1.54, 1.807) is 0 Å². The van der Waals surface area contributed by atoms with Crippen molar-refractivity contribution >= 4 is 23.2 Å². The first-order valence-corrected chi connectivity index (χ1v) is 17.0. The van der Waals surface area contributed by atoms with E-state index >= 15 is 0 Å². The number of alkyl halides is 2. The van der Waals surface area contributed by atoms with E-state index in [1.165, 1.54) is 89.9 Å². The van der Waals surface area contributed by atoms with Crippen molar-refractivity contribution in [2.24, 2.45) is 0 Å². The van der Waals surface area contributed by atoms with E-state index in [1.807, 2.05) is 0 Å². The average Bonchev–Trinajstić information content (AvgIpc) is 2.85. The monoisotopic (exact) mass is 566 g/mol. The summed E-state index contributed by atoms with van der Waals surface area (Å²) in [5, 5.41) is 0.375. The third kappa shape index (κ3) is 29.3. The molecular formula is C32H64Cl2O3. The van der Waals surface area contributed by atoms with Crippen LogP contribution in [0.3, 0.4) is 0 Å². The summed E-state index contributed by atoms with van der Waals surface area (Å²) in [6, 6.07) is 0. The molecule has 5 heteroatoms. The highest BCUT2D eigenvalue weighted by atomic mass is 35.5. The van der Waals surface area contributed by atoms with Gasteiger partial charge in [0.25, 0.3) is 0 Å². The molecule has 0 rings (SSSR count). The SMILES string of the molecule is CCCCCCCCCCOC(CCCC(C)Cl)OC(CCCC(C)Cl)OCCCCCCCCCC. The summed E-state index contributed by atoms with van der Waals surface area (Å²) < 4.78 is 18.9. The molecule has 0 aromatic rings. The molecule has 4 atom stereocenters. The zero-order chi connectivity index (χ0) is 27.4. The lowest BCUT2D eigenvalue weighted by atomic mass is 10.1. The van der Waals surface area contributed by atoms with E-state index in [0.717, 1.165) is 64.6 Å². The lowest BCUT2D eigenvalue weighted by molar-refractivity contribution is -0.250. The van der Waals surface area contributed by atoms with Gasteiger partial charge in [0.05, 0.1) is 0 Å². The minimum Gasteiger partial charge on any atom is -0.353 e. The predicted molar refractivity (Wildman–Crippen MR) is 164 cm³/mol. The molecule has 37 heavy (non-hydrogen) atoms. The zero-order valence-corrected chi connectivity index (χ0v) is 26.8. The van der Waals surface area contributed by atoms with Crippen LogP contribution in [0.2, 0.25) is 0 Å². The Kier molecular flexibility index (Phi) is 29.8. The Labute approximate surface area is 242 Å². The van der Waals surface area contributed by atoms with Crippen LogP contribution in [0.1, 0.15) is 169 Å². The molecule has 0 fully saturated rings. The summed E-state index contributed by atoms with van der Waals surface area (Å²) in [6.45, 7) is 10.2. The Hall–Kier alpha value is 0.460. The van der Waals surface area contributed by atoms with Crippen LogP contribution in [0.15, 0.2) is 0 Å². The van der Waals surface area contributed by atoms with E-state index < -0.39 is 0 Å². The molecule has 0 aliphatic rings. The molecule has 0 bridgehead atoms. The van der Waals surface area contributed by atoms with E-state index in [2.05, 4.69) is 27.7 Å². The van der Waals surface area contributed by atoms with E-state index in [4.69, 9.17) is 37.4 Å². The predicted octanol–water partition coefficient (Wildman–Crippen LogP) is 11.6. The van der Waals surface area contributed by atoms with E-state index in [9.17, 15) is 0 Å². The molecule has 0 radical (unpaired) electrons. The van der Waals surface area contributed by atoms with Gasteiger partial charge in [0.15, 0.2) is 12.6 Å². The van der Waals surface area contributed by atoms with Gasteiger partial charge < -0.3 is 14.2 Å². The molecule has 0 spiro atoms. The van der Waals surface area contributed by atoms with Crippen LogP contribution in [0.25, 0.3) is 0 Å². The fourth-order valence-electron chi connectivity index (χ4n) is 4.58. The van der Waals surface area contributed by atoms with E-state index in [-0.39, 0.29) is 23.3 Å². The van der Waals surface area contributed by atoms with Crippen LogP contribution >= 0.6 is 23.2 Å². The second kappa shape index (κ2) is 29.4. The van der Waals surface area contributed by atoms with Crippen LogP contribution in [0.5, 0.6) is 0 Å². The number of rotatable bonds is 30. The highest BCUT2D eigenvalue weighted by Gasteiger charge is 2.18. The number of hydrogen-bond acceptors (Lipinski definition) is 3. The van der Waals surface area contributed by atoms with Crippen LogP contribution in [0.4, 0.5) is 0 Å². The lowest BCUT2D eigenvalue weighted by Gasteiger charge is -2.26. The summed E-state index contributed by atoms with van der Waals surface area (Å²) in [7, 11) is 0. The van der Waals surface area contributed by atoms with Crippen molar-refractivity contribution in [3.8, 4) is 0 Å². The fourth-order valence-corrected chi connectivity index (χ4v) is 4.89. The molecule has 0 aromatic carbocycles. The maximum absolute atomic E-state index is 6.43. The lowest BCUT2D eigenvalue weighted by Crippen LogP contribution is -2.28. The number of ether oxygens (including phenoxy) is 3. The van der Waals surface area contributed by atoms with Gasteiger partial charge in [-0.2, -0.15) is 0 Å². The molecule has 0 saturated carbocycles. The summed E-state index contributed by atoms with van der Waals surface area (Å²) in [5.74, 6) is 0. The van der Waals surface area contributed by atoms with Gasteiger partial charge in [0, 0.05) is 24.0 Å². The number of unbranched alkanes of at least 4 members (excludes halogenated alkanes) is 14. The molecule has 0 aromatic heterocycles. The Morgan fingerprint density at radius 3 is 1.08 bits per heavy atom. The van der Waals surface area contributed by atoms with Crippen molar-refractivity contribution in [2.75, 3.05) is 13.2 Å².